The molecular weight excluding hydrogens is 268 g/mol. The van der Waals surface area contributed by atoms with Crippen molar-refractivity contribution in [3.63, 3.8) is 0 Å². The third-order valence-electron chi connectivity index (χ3n) is 3.11. The molecule has 0 aliphatic carbocycles. The van der Waals surface area contributed by atoms with Crippen LogP contribution in [0.15, 0.2) is 57.6 Å². The van der Waals surface area contributed by atoms with E-state index in [1.165, 1.54) is 0 Å². The van der Waals surface area contributed by atoms with Gasteiger partial charge in [-0.25, -0.2) is 4.98 Å². The van der Waals surface area contributed by atoms with Gasteiger partial charge in [0.05, 0.1) is 5.69 Å². The lowest BCUT2D eigenvalue weighted by Crippen LogP contribution is -1.92. The standard InChI is InChI=1S/C15H10N4O2/c16-10-5-3-7-17-13(10)15-18-14(19-21-15)12-8-9-4-1-2-6-11(9)20-12/h1-8H,16H2. The van der Waals surface area contributed by atoms with E-state index in [2.05, 4.69) is 15.1 Å². The molecule has 102 valence electrons. The molecule has 3 heterocycles. The fourth-order valence-electron chi connectivity index (χ4n) is 2.11. The number of anilines is 1. The number of aromatic nitrogens is 3. The van der Waals surface area contributed by atoms with Gasteiger partial charge in [-0.05, 0) is 24.3 Å². The second-order valence-electron chi connectivity index (χ2n) is 4.51. The second-order valence-corrected chi connectivity index (χ2v) is 4.51. The van der Waals surface area contributed by atoms with E-state index >= 15 is 0 Å². The van der Waals surface area contributed by atoms with E-state index in [1.54, 1.807) is 18.3 Å². The lowest BCUT2D eigenvalue weighted by atomic mass is 10.2. The number of rotatable bonds is 2. The van der Waals surface area contributed by atoms with Gasteiger partial charge in [0, 0.05) is 11.6 Å². The summed E-state index contributed by atoms with van der Waals surface area (Å²) in [5.74, 6) is 1.18. The number of benzene rings is 1. The van der Waals surface area contributed by atoms with Crippen molar-refractivity contribution < 1.29 is 8.94 Å². The molecule has 0 unspecified atom stereocenters. The first kappa shape index (κ1) is 11.7. The van der Waals surface area contributed by atoms with Gasteiger partial charge in [-0.3, -0.25) is 0 Å². The molecular formula is C15H10N4O2. The number of furan rings is 1. The van der Waals surface area contributed by atoms with Crippen LogP contribution in [0.25, 0.3) is 34.1 Å². The van der Waals surface area contributed by atoms with Crippen molar-refractivity contribution in [2.45, 2.75) is 0 Å². The highest BCUT2D eigenvalue weighted by atomic mass is 16.5. The van der Waals surface area contributed by atoms with Crippen LogP contribution in [0.5, 0.6) is 0 Å². The van der Waals surface area contributed by atoms with Crippen LogP contribution in [0.1, 0.15) is 0 Å². The maximum Gasteiger partial charge on any atom is 0.279 e. The minimum atomic E-state index is 0.267. The first-order valence-corrected chi connectivity index (χ1v) is 6.35. The Morgan fingerprint density at radius 1 is 1.05 bits per heavy atom. The number of hydrogen-bond donors (Lipinski definition) is 1. The molecule has 0 fully saturated rings. The highest BCUT2D eigenvalue weighted by molar-refractivity contribution is 5.81. The van der Waals surface area contributed by atoms with Crippen molar-refractivity contribution in [3.05, 3.63) is 48.7 Å². The predicted octanol–water partition coefficient (Wildman–Crippen LogP) is 3.13. The number of para-hydroxylation sites is 1. The zero-order chi connectivity index (χ0) is 14.2. The quantitative estimate of drug-likeness (QED) is 0.605. The first-order valence-electron chi connectivity index (χ1n) is 6.35. The molecule has 0 spiro atoms. The first-order chi connectivity index (χ1) is 10.3. The summed E-state index contributed by atoms with van der Waals surface area (Å²) in [5.41, 5.74) is 7.57. The van der Waals surface area contributed by atoms with Crippen LogP contribution >= 0.6 is 0 Å². The number of nitrogens with zero attached hydrogens (tertiary/aromatic N) is 3. The fourth-order valence-corrected chi connectivity index (χ4v) is 2.11. The van der Waals surface area contributed by atoms with Crippen molar-refractivity contribution in [1.29, 1.82) is 0 Å². The largest absolute Gasteiger partial charge is 0.453 e. The highest BCUT2D eigenvalue weighted by Crippen LogP contribution is 2.28. The number of fused-ring (bicyclic) bond motifs is 1. The van der Waals surface area contributed by atoms with Gasteiger partial charge in [-0.15, -0.1) is 0 Å². The Morgan fingerprint density at radius 2 is 1.95 bits per heavy atom. The Hall–Kier alpha value is -3.15. The van der Waals surface area contributed by atoms with Gasteiger partial charge in [-0.1, -0.05) is 23.4 Å². The van der Waals surface area contributed by atoms with E-state index in [1.807, 2.05) is 30.3 Å². The Morgan fingerprint density at radius 3 is 2.81 bits per heavy atom. The summed E-state index contributed by atoms with van der Waals surface area (Å²) in [5, 5.41) is 4.91. The average molecular weight is 278 g/mol. The molecule has 4 aromatic rings. The summed E-state index contributed by atoms with van der Waals surface area (Å²) in [6.45, 7) is 0. The lowest BCUT2D eigenvalue weighted by Gasteiger charge is -1.96. The van der Waals surface area contributed by atoms with Crippen LogP contribution in [0.2, 0.25) is 0 Å². The molecule has 6 heteroatoms. The second kappa shape index (κ2) is 4.45. The lowest BCUT2D eigenvalue weighted by molar-refractivity contribution is 0.429. The van der Waals surface area contributed by atoms with Crippen molar-refractivity contribution in [1.82, 2.24) is 15.1 Å². The number of hydrogen-bond acceptors (Lipinski definition) is 6. The van der Waals surface area contributed by atoms with E-state index < -0.39 is 0 Å². The summed E-state index contributed by atoms with van der Waals surface area (Å²) in [4.78, 5) is 8.44. The van der Waals surface area contributed by atoms with Gasteiger partial charge in [0.15, 0.2) is 11.5 Å². The Bertz CT molecular complexity index is 893. The van der Waals surface area contributed by atoms with Gasteiger partial charge < -0.3 is 14.7 Å². The molecule has 6 nitrogen and oxygen atoms in total. The smallest absolute Gasteiger partial charge is 0.279 e. The van der Waals surface area contributed by atoms with Crippen LogP contribution in [0.4, 0.5) is 5.69 Å². The molecule has 0 saturated heterocycles. The van der Waals surface area contributed by atoms with Crippen LogP contribution in [0.3, 0.4) is 0 Å². The van der Waals surface area contributed by atoms with Gasteiger partial charge in [0.2, 0.25) is 5.82 Å². The molecule has 0 bridgehead atoms. The monoisotopic (exact) mass is 278 g/mol. The molecule has 21 heavy (non-hydrogen) atoms. The molecule has 0 radical (unpaired) electrons. The Labute approximate surface area is 119 Å². The van der Waals surface area contributed by atoms with Gasteiger partial charge >= 0.3 is 0 Å². The van der Waals surface area contributed by atoms with Crippen LogP contribution < -0.4 is 5.73 Å². The zero-order valence-electron chi connectivity index (χ0n) is 10.9. The number of pyridine rings is 1. The number of nitrogens with two attached hydrogens (primary N) is 1. The average Bonchev–Trinajstić information content (AvgIpc) is 3.14. The van der Waals surface area contributed by atoms with E-state index in [-0.39, 0.29) is 5.89 Å². The minimum Gasteiger partial charge on any atom is -0.453 e. The Kier molecular flexibility index (Phi) is 2.47. The molecule has 3 aromatic heterocycles. The Balaban J connectivity index is 1.79. The molecule has 2 N–H and O–H groups in total. The predicted molar refractivity (Wildman–Crippen MR) is 77.1 cm³/mol. The van der Waals surface area contributed by atoms with Crippen LogP contribution in [-0.2, 0) is 0 Å². The van der Waals surface area contributed by atoms with E-state index in [0.717, 1.165) is 11.0 Å². The number of nitrogen functional groups attached to an aromatic ring is 1. The fraction of sp³-hybridized carbons (Fsp3) is 0. The molecule has 0 aliphatic rings. The third kappa shape index (κ3) is 1.93. The summed E-state index contributed by atoms with van der Waals surface area (Å²) in [6.07, 6.45) is 1.62. The SMILES string of the molecule is Nc1cccnc1-c1nc(-c2cc3ccccc3o2)no1. The van der Waals surface area contributed by atoms with Gasteiger partial charge in [-0.2, -0.15) is 4.98 Å². The molecule has 1 aromatic carbocycles. The normalized spacial score (nSPS) is 11.0. The summed E-state index contributed by atoms with van der Waals surface area (Å²) < 4.78 is 10.9. The third-order valence-corrected chi connectivity index (χ3v) is 3.11. The van der Waals surface area contributed by atoms with Crippen molar-refractivity contribution in [2.24, 2.45) is 0 Å². The van der Waals surface area contributed by atoms with Crippen molar-refractivity contribution >= 4 is 16.7 Å². The summed E-state index contributed by atoms with van der Waals surface area (Å²) in [6, 6.07) is 13.0. The zero-order valence-corrected chi connectivity index (χ0v) is 10.9. The molecule has 0 aliphatic heterocycles. The van der Waals surface area contributed by atoms with E-state index in [9.17, 15) is 0 Å². The van der Waals surface area contributed by atoms with Gasteiger partial charge in [0.25, 0.3) is 5.89 Å². The molecule has 0 saturated carbocycles. The molecule has 0 amide bonds. The van der Waals surface area contributed by atoms with Crippen LogP contribution in [-0.4, -0.2) is 15.1 Å². The summed E-state index contributed by atoms with van der Waals surface area (Å²) in [7, 11) is 0. The van der Waals surface area contributed by atoms with Crippen molar-refractivity contribution in [2.75, 3.05) is 5.73 Å². The highest BCUT2D eigenvalue weighted by Gasteiger charge is 2.16. The molecule has 0 atom stereocenters. The van der Waals surface area contributed by atoms with Crippen molar-refractivity contribution in [3.8, 4) is 23.2 Å². The topological polar surface area (TPSA) is 91.0 Å². The van der Waals surface area contributed by atoms with E-state index in [0.29, 0.717) is 23.0 Å². The summed E-state index contributed by atoms with van der Waals surface area (Å²) >= 11 is 0. The van der Waals surface area contributed by atoms with Gasteiger partial charge in [0.1, 0.15) is 5.58 Å². The minimum absolute atomic E-state index is 0.267. The molecule has 4 rings (SSSR count). The van der Waals surface area contributed by atoms with Crippen LogP contribution in [0, 0.1) is 0 Å². The maximum absolute atomic E-state index is 5.85. The van der Waals surface area contributed by atoms with E-state index in [4.69, 9.17) is 14.7 Å². The maximum atomic E-state index is 5.85.